The van der Waals surface area contributed by atoms with Crippen molar-refractivity contribution in [2.45, 2.75) is 13.5 Å². The Bertz CT molecular complexity index is 880. The first kappa shape index (κ1) is 14.6. The SMILES string of the molecule is C=CCNc1sc2c(C)c(O)c3ccccc3c2[n+]1CC=C. The molecule has 4 heteroatoms. The minimum Gasteiger partial charge on any atom is -0.507 e. The summed E-state index contributed by atoms with van der Waals surface area (Å²) in [5.41, 5.74) is 2.06. The Morgan fingerprint density at radius 2 is 1.95 bits per heavy atom. The van der Waals surface area contributed by atoms with Crippen LogP contribution in [0.25, 0.3) is 21.0 Å². The third-order valence-corrected chi connectivity index (χ3v) is 5.03. The average Bonchev–Trinajstić information content (AvgIpc) is 2.90. The van der Waals surface area contributed by atoms with Gasteiger partial charge in [0.1, 0.15) is 18.8 Å². The fourth-order valence-corrected chi connectivity index (χ4v) is 3.94. The minimum atomic E-state index is 0.366. The maximum Gasteiger partial charge on any atom is 0.335 e. The smallest absolute Gasteiger partial charge is 0.335 e. The third kappa shape index (κ3) is 2.16. The number of phenolic OH excluding ortho intramolecular Hbond substituents is 1. The van der Waals surface area contributed by atoms with Crippen molar-refractivity contribution in [1.82, 2.24) is 0 Å². The monoisotopic (exact) mass is 311 g/mol. The number of hydrogen-bond acceptors (Lipinski definition) is 3. The van der Waals surface area contributed by atoms with Gasteiger partial charge in [-0.05, 0) is 24.3 Å². The number of fused-ring (bicyclic) bond motifs is 3. The van der Waals surface area contributed by atoms with Crippen molar-refractivity contribution in [3.05, 3.63) is 55.1 Å². The lowest BCUT2D eigenvalue weighted by molar-refractivity contribution is -0.642. The van der Waals surface area contributed by atoms with E-state index < -0.39 is 0 Å². The molecule has 22 heavy (non-hydrogen) atoms. The van der Waals surface area contributed by atoms with E-state index in [1.807, 2.05) is 37.3 Å². The van der Waals surface area contributed by atoms with Crippen molar-refractivity contribution in [2.24, 2.45) is 0 Å². The first-order chi connectivity index (χ1) is 10.7. The predicted molar refractivity (Wildman–Crippen MR) is 94.8 cm³/mol. The van der Waals surface area contributed by atoms with Gasteiger partial charge in [-0.1, -0.05) is 43.5 Å². The summed E-state index contributed by atoms with van der Waals surface area (Å²) < 4.78 is 3.32. The van der Waals surface area contributed by atoms with Crippen LogP contribution in [-0.2, 0) is 6.54 Å². The number of rotatable bonds is 5. The molecule has 2 N–H and O–H groups in total. The van der Waals surface area contributed by atoms with Gasteiger partial charge in [-0.15, -0.1) is 0 Å². The largest absolute Gasteiger partial charge is 0.507 e. The van der Waals surface area contributed by atoms with Crippen molar-refractivity contribution in [1.29, 1.82) is 0 Å². The zero-order chi connectivity index (χ0) is 15.7. The van der Waals surface area contributed by atoms with Crippen LogP contribution < -0.4 is 9.88 Å². The van der Waals surface area contributed by atoms with E-state index in [0.717, 1.165) is 31.7 Å². The van der Waals surface area contributed by atoms with Gasteiger partial charge in [0, 0.05) is 16.3 Å². The summed E-state index contributed by atoms with van der Waals surface area (Å²) in [5.74, 6) is 0.366. The fourth-order valence-electron chi connectivity index (χ4n) is 2.75. The molecule has 1 aromatic heterocycles. The summed E-state index contributed by atoms with van der Waals surface area (Å²) in [7, 11) is 0. The Balaban J connectivity index is 2.43. The van der Waals surface area contributed by atoms with E-state index in [2.05, 4.69) is 29.1 Å². The van der Waals surface area contributed by atoms with E-state index in [-0.39, 0.29) is 0 Å². The van der Waals surface area contributed by atoms with Gasteiger partial charge < -0.3 is 5.11 Å². The number of anilines is 1. The normalized spacial score (nSPS) is 11.0. The first-order valence-corrected chi connectivity index (χ1v) is 8.03. The summed E-state index contributed by atoms with van der Waals surface area (Å²) in [4.78, 5) is 0. The van der Waals surface area contributed by atoms with Crippen LogP contribution in [0.15, 0.2) is 49.6 Å². The van der Waals surface area contributed by atoms with Crippen LogP contribution in [0.2, 0.25) is 0 Å². The molecule has 0 amide bonds. The molecular formula is C18H19N2OS+. The summed E-state index contributed by atoms with van der Waals surface area (Å²) in [6, 6.07) is 7.97. The number of nitrogens with one attached hydrogen (secondary N) is 1. The average molecular weight is 311 g/mol. The second kappa shape index (κ2) is 5.81. The Kier molecular flexibility index (Phi) is 3.86. The number of hydrogen-bond donors (Lipinski definition) is 2. The van der Waals surface area contributed by atoms with E-state index >= 15 is 0 Å². The molecule has 1 heterocycles. The number of nitrogens with zero attached hydrogens (tertiary/aromatic N) is 1. The van der Waals surface area contributed by atoms with Crippen molar-refractivity contribution < 1.29 is 9.67 Å². The zero-order valence-corrected chi connectivity index (χ0v) is 13.4. The highest BCUT2D eigenvalue weighted by Crippen LogP contribution is 2.39. The summed E-state index contributed by atoms with van der Waals surface area (Å²) in [6.07, 6.45) is 3.73. The first-order valence-electron chi connectivity index (χ1n) is 7.21. The van der Waals surface area contributed by atoms with Gasteiger partial charge in [-0.2, -0.15) is 0 Å². The van der Waals surface area contributed by atoms with Gasteiger partial charge in [0.05, 0.1) is 4.70 Å². The molecule has 0 saturated carbocycles. The molecule has 0 unspecified atom stereocenters. The standard InChI is InChI=1S/C18H18N2OS/c1-4-10-19-18-20(11-5-2)15-13-8-6-7-9-14(13)16(21)12(3)17(15)22-18/h4-9,21H,1-2,10-11H2,3H3/p+1. The van der Waals surface area contributed by atoms with Gasteiger partial charge in [0.25, 0.3) is 0 Å². The fraction of sp³-hybridized carbons (Fsp3) is 0.167. The van der Waals surface area contributed by atoms with Gasteiger partial charge in [0.2, 0.25) is 0 Å². The highest BCUT2D eigenvalue weighted by molar-refractivity contribution is 7.22. The predicted octanol–water partition coefficient (Wildman–Crippen LogP) is 4.14. The summed E-state index contributed by atoms with van der Waals surface area (Å²) in [6.45, 7) is 11.0. The van der Waals surface area contributed by atoms with Crippen molar-refractivity contribution in [2.75, 3.05) is 11.9 Å². The molecule has 0 aliphatic rings. The topological polar surface area (TPSA) is 36.1 Å². The van der Waals surface area contributed by atoms with E-state index in [0.29, 0.717) is 18.8 Å². The van der Waals surface area contributed by atoms with Crippen LogP contribution in [0.1, 0.15) is 5.56 Å². The molecule has 3 aromatic rings. The van der Waals surface area contributed by atoms with Crippen LogP contribution in [0.4, 0.5) is 5.13 Å². The molecule has 3 rings (SSSR count). The number of aromatic nitrogens is 1. The van der Waals surface area contributed by atoms with Crippen LogP contribution in [-0.4, -0.2) is 11.7 Å². The van der Waals surface area contributed by atoms with E-state index in [9.17, 15) is 5.11 Å². The summed E-state index contributed by atoms with van der Waals surface area (Å²) >= 11 is 1.66. The molecule has 0 atom stereocenters. The molecule has 3 nitrogen and oxygen atoms in total. The Hall–Kier alpha value is -2.33. The van der Waals surface area contributed by atoms with Crippen molar-refractivity contribution >= 4 is 37.5 Å². The number of aryl methyl sites for hydroxylation is 1. The van der Waals surface area contributed by atoms with Gasteiger partial charge in [-0.3, -0.25) is 5.32 Å². The van der Waals surface area contributed by atoms with Crippen LogP contribution >= 0.6 is 11.3 Å². The van der Waals surface area contributed by atoms with E-state index in [1.54, 1.807) is 11.3 Å². The molecule has 2 aromatic carbocycles. The molecule has 0 aliphatic heterocycles. The van der Waals surface area contributed by atoms with E-state index in [4.69, 9.17) is 0 Å². The van der Waals surface area contributed by atoms with E-state index in [1.165, 1.54) is 0 Å². The zero-order valence-electron chi connectivity index (χ0n) is 12.6. The molecule has 112 valence electrons. The minimum absolute atomic E-state index is 0.366. The highest BCUT2D eigenvalue weighted by Gasteiger charge is 2.23. The Morgan fingerprint density at radius 1 is 1.23 bits per heavy atom. The van der Waals surface area contributed by atoms with Gasteiger partial charge in [0.15, 0.2) is 5.52 Å². The molecule has 0 saturated heterocycles. The molecule has 0 aliphatic carbocycles. The number of phenols is 1. The number of thiazole rings is 1. The van der Waals surface area contributed by atoms with Crippen LogP contribution in [0.3, 0.4) is 0 Å². The van der Waals surface area contributed by atoms with Gasteiger partial charge >= 0.3 is 5.13 Å². The Morgan fingerprint density at radius 3 is 2.64 bits per heavy atom. The second-order valence-electron chi connectivity index (χ2n) is 5.17. The molecule has 0 radical (unpaired) electrons. The van der Waals surface area contributed by atoms with Crippen LogP contribution in [0, 0.1) is 6.92 Å². The lowest BCUT2D eigenvalue weighted by Crippen LogP contribution is -2.34. The second-order valence-corrected chi connectivity index (χ2v) is 6.17. The van der Waals surface area contributed by atoms with Crippen LogP contribution in [0.5, 0.6) is 5.75 Å². The lowest BCUT2D eigenvalue weighted by Gasteiger charge is -2.07. The molecule has 0 fully saturated rings. The maximum absolute atomic E-state index is 10.5. The molecular weight excluding hydrogens is 292 g/mol. The Labute approximate surface area is 133 Å². The maximum atomic E-state index is 10.5. The number of aromatic hydroxyl groups is 1. The lowest BCUT2D eigenvalue weighted by atomic mass is 10.0. The van der Waals surface area contributed by atoms with Crippen molar-refractivity contribution in [3.63, 3.8) is 0 Å². The number of allylic oxidation sites excluding steroid dienone is 1. The summed E-state index contributed by atoms with van der Waals surface area (Å²) in [5, 5.41) is 16.9. The highest BCUT2D eigenvalue weighted by atomic mass is 32.1. The van der Waals surface area contributed by atoms with Gasteiger partial charge in [-0.25, -0.2) is 4.57 Å². The molecule has 0 bridgehead atoms. The third-order valence-electron chi connectivity index (χ3n) is 3.77. The number of benzene rings is 2. The van der Waals surface area contributed by atoms with Crippen molar-refractivity contribution in [3.8, 4) is 5.75 Å². The quantitative estimate of drug-likeness (QED) is 0.549. The molecule has 0 spiro atoms.